The third-order valence-corrected chi connectivity index (χ3v) is 2.86. The van der Waals surface area contributed by atoms with Crippen LogP contribution in [0.3, 0.4) is 0 Å². The van der Waals surface area contributed by atoms with E-state index in [9.17, 15) is 4.79 Å². The van der Waals surface area contributed by atoms with E-state index in [-0.39, 0.29) is 5.69 Å². The van der Waals surface area contributed by atoms with Crippen molar-refractivity contribution in [3.05, 3.63) is 48.3 Å². The molecule has 0 fully saturated rings. The largest absolute Gasteiger partial charge is 0.461 e. The smallest absolute Gasteiger partial charge is 0.358 e. The van der Waals surface area contributed by atoms with Crippen LogP contribution in [0, 0.1) is 0 Å². The Kier molecular flexibility index (Phi) is 3.61. The fourth-order valence-electron chi connectivity index (χ4n) is 1.92. The maximum absolute atomic E-state index is 11.7. The van der Waals surface area contributed by atoms with Gasteiger partial charge in [0.1, 0.15) is 5.75 Å². The highest BCUT2D eigenvalue weighted by Gasteiger charge is 2.12. The van der Waals surface area contributed by atoms with Crippen LogP contribution in [0.15, 0.2) is 42.6 Å². The van der Waals surface area contributed by atoms with Crippen LogP contribution in [-0.2, 0) is 4.74 Å². The van der Waals surface area contributed by atoms with Crippen LogP contribution in [0.1, 0.15) is 17.4 Å². The molecule has 3 aromatic rings. The third-order valence-electron chi connectivity index (χ3n) is 2.86. The van der Waals surface area contributed by atoms with Crippen molar-refractivity contribution in [1.29, 1.82) is 0 Å². The molecule has 2 N–H and O–H groups in total. The van der Waals surface area contributed by atoms with E-state index in [4.69, 9.17) is 15.2 Å². The lowest BCUT2D eigenvalue weighted by atomic mass is 10.3. The fourth-order valence-corrected chi connectivity index (χ4v) is 1.92. The van der Waals surface area contributed by atoms with Crippen molar-refractivity contribution in [2.24, 2.45) is 0 Å². The van der Waals surface area contributed by atoms with Gasteiger partial charge in [-0.05, 0) is 25.1 Å². The number of benzene rings is 1. The predicted octanol–water partition coefficient (Wildman–Crippen LogP) is 2.28. The van der Waals surface area contributed by atoms with Gasteiger partial charge in [0.15, 0.2) is 11.3 Å². The van der Waals surface area contributed by atoms with Gasteiger partial charge in [-0.25, -0.2) is 14.3 Å². The highest BCUT2D eigenvalue weighted by atomic mass is 16.5. The first-order chi connectivity index (χ1) is 10.7. The average molecular weight is 298 g/mol. The Bertz CT molecular complexity index is 829. The van der Waals surface area contributed by atoms with Gasteiger partial charge < -0.3 is 15.2 Å². The van der Waals surface area contributed by atoms with Gasteiger partial charge in [0, 0.05) is 17.8 Å². The first kappa shape index (κ1) is 13.9. The summed E-state index contributed by atoms with van der Waals surface area (Å²) in [6.45, 7) is 2.04. The highest BCUT2D eigenvalue weighted by molar-refractivity contribution is 5.87. The van der Waals surface area contributed by atoms with E-state index in [0.717, 1.165) is 0 Å². The number of hydrogen-bond donors (Lipinski definition) is 1. The number of nitrogens with zero attached hydrogens (tertiary/aromatic N) is 3. The van der Waals surface area contributed by atoms with E-state index in [0.29, 0.717) is 29.6 Å². The lowest BCUT2D eigenvalue weighted by molar-refractivity contribution is 0.0520. The number of aromatic nitrogens is 3. The van der Waals surface area contributed by atoms with Gasteiger partial charge in [-0.2, -0.15) is 0 Å². The van der Waals surface area contributed by atoms with Gasteiger partial charge in [-0.1, -0.05) is 6.07 Å². The summed E-state index contributed by atoms with van der Waals surface area (Å²) < 4.78 is 12.0. The SMILES string of the molecule is CCOC(=O)c1cn2nc(Oc3cccc(N)c3)ccc2n1. The maximum Gasteiger partial charge on any atom is 0.358 e. The molecule has 0 saturated carbocycles. The minimum atomic E-state index is -0.480. The molecule has 2 heterocycles. The Labute approximate surface area is 126 Å². The van der Waals surface area contributed by atoms with Crippen LogP contribution >= 0.6 is 0 Å². The summed E-state index contributed by atoms with van der Waals surface area (Å²) in [7, 11) is 0. The number of esters is 1. The van der Waals surface area contributed by atoms with Gasteiger partial charge in [-0.15, -0.1) is 5.10 Å². The second-order valence-corrected chi connectivity index (χ2v) is 4.50. The molecule has 7 nitrogen and oxygen atoms in total. The van der Waals surface area contributed by atoms with Crippen LogP contribution in [0.4, 0.5) is 5.69 Å². The Balaban J connectivity index is 1.88. The van der Waals surface area contributed by atoms with E-state index in [1.54, 1.807) is 43.3 Å². The number of fused-ring (bicyclic) bond motifs is 1. The van der Waals surface area contributed by atoms with E-state index in [1.165, 1.54) is 10.7 Å². The van der Waals surface area contributed by atoms with Gasteiger partial charge >= 0.3 is 5.97 Å². The Morgan fingerprint density at radius 3 is 2.95 bits per heavy atom. The first-order valence-corrected chi connectivity index (χ1v) is 6.72. The summed E-state index contributed by atoms with van der Waals surface area (Å²) >= 11 is 0. The molecule has 0 unspecified atom stereocenters. The Morgan fingerprint density at radius 1 is 1.32 bits per heavy atom. The Hall–Kier alpha value is -3.09. The predicted molar refractivity (Wildman–Crippen MR) is 79.9 cm³/mol. The normalized spacial score (nSPS) is 10.6. The molecule has 0 spiro atoms. The minimum absolute atomic E-state index is 0.204. The number of anilines is 1. The molecule has 0 aliphatic rings. The third kappa shape index (κ3) is 2.83. The molecule has 7 heteroatoms. The summed E-state index contributed by atoms with van der Waals surface area (Å²) in [5.41, 5.74) is 7.04. The van der Waals surface area contributed by atoms with E-state index < -0.39 is 5.97 Å². The second-order valence-electron chi connectivity index (χ2n) is 4.50. The zero-order valence-electron chi connectivity index (χ0n) is 11.9. The number of imidazole rings is 1. The molecule has 112 valence electrons. The maximum atomic E-state index is 11.7. The monoisotopic (exact) mass is 298 g/mol. The van der Waals surface area contributed by atoms with Crippen molar-refractivity contribution < 1.29 is 14.3 Å². The van der Waals surface area contributed by atoms with Crippen molar-refractivity contribution in [2.45, 2.75) is 6.92 Å². The molecule has 0 atom stereocenters. The van der Waals surface area contributed by atoms with Crippen LogP contribution in [0.25, 0.3) is 5.65 Å². The molecule has 2 aromatic heterocycles. The first-order valence-electron chi connectivity index (χ1n) is 6.72. The Morgan fingerprint density at radius 2 is 2.18 bits per heavy atom. The molecule has 0 radical (unpaired) electrons. The van der Waals surface area contributed by atoms with Crippen molar-refractivity contribution >= 4 is 17.3 Å². The van der Waals surface area contributed by atoms with Crippen LogP contribution in [0.5, 0.6) is 11.6 Å². The minimum Gasteiger partial charge on any atom is -0.461 e. The summed E-state index contributed by atoms with van der Waals surface area (Å²) in [6, 6.07) is 10.4. The van der Waals surface area contributed by atoms with Gasteiger partial charge in [0.05, 0.1) is 12.8 Å². The molecule has 1 aromatic carbocycles. The van der Waals surface area contributed by atoms with Crippen LogP contribution in [-0.4, -0.2) is 27.2 Å². The molecule has 0 amide bonds. The molecular formula is C15H14N4O3. The van der Waals surface area contributed by atoms with Crippen molar-refractivity contribution in [3.8, 4) is 11.6 Å². The van der Waals surface area contributed by atoms with Crippen molar-refractivity contribution in [3.63, 3.8) is 0 Å². The molecule has 0 aliphatic carbocycles. The molecule has 0 aliphatic heterocycles. The molecule has 0 saturated heterocycles. The second kappa shape index (κ2) is 5.72. The highest BCUT2D eigenvalue weighted by Crippen LogP contribution is 2.21. The summed E-state index contributed by atoms with van der Waals surface area (Å²) in [5.74, 6) is 0.467. The van der Waals surface area contributed by atoms with Gasteiger partial charge in [0.25, 0.3) is 0 Å². The van der Waals surface area contributed by atoms with Gasteiger partial charge in [-0.3, -0.25) is 0 Å². The molecule has 22 heavy (non-hydrogen) atoms. The molecular weight excluding hydrogens is 284 g/mol. The molecule has 3 rings (SSSR count). The lowest BCUT2D eigenvalue weighted by Gasteiger charge is -2.05. The van der Waals surface area contributed by atoms with Crippen LogP contribution < -0.4 is 10.5 Å². The zero-order chi connectivity index (χ0) is 15.5. The number of nitrogens with two attached hydrogens (primary N) is 1. The standard InChI is InChI=1S/C15H14N4O3/c1-2-21-15(20)12-9-19-13(17-12)6-7-14(18-19)22-11-5-3-4-10(16)8-11/h3-9H,2,16H2,1H3. The summed E-state index contributed by atoms with van der Waals surface area (Å²) in [5, 5.41) is 4.25. The zero-order valence-corrected chi connectivity index (χ0v) is 11.9. The number of hydrogen-bond acceptors (Lipinski definition) is 6. The van der Waals surface area contributed by atoms with E-state index in [2.05, 4.69) is 10.1 Å². The quantitative estimate of drug-likeness (QED) is 0.587. The number of rotatable bonds is 4. The van der Waals surface area contributed by atoms with Crippen molar-refractivity contribution in [2.75, 3.05) is 12.3 Å². The van der Waals surface area contributed by atoms with E-state index in [1.807, 2.05) is 0 Å². The topological polar surface area (TPSA) is 91.7 Å². The molecule has 0 bridgehead atoms. The summed E-state index contributed by atoms with van der Waals surface area (Å²) in [6.07, 6.45) is 1.50. The fraction of sp³-hybridized carbons (Fsp3) is 0.133. The van der Waals surface area contributed by atoms with Gasteiger partial charge in [0.2, 0.25) is 5.88 Å². The van der Waals surface area contributed by atoms with E-state index >= 15 is 0 Å². The van der Waals surface area contributed by atoms with Crippen LogP contribution in [0.2, 0.25) is 0 Å². The van der Waals surface area contributed by atoms with Crippen molar-refractivity contribution in [1.82, 2.24) is 14.6 Å². The summed E-state index contributed by atoms with van der Waals surface area (Å²) in [4.78, 5) is 15.8. The lowest BCUT2D eigenvalue weighted by Crippen LogP contribution is -2.04. The average Bonchev–Trinajstić information content (AvgIpc) is 2.91. The number of ether oxygens (including phenoxy) is 2. The number of nitrogen functional groups attached to an aromatic ring is 1. The number of carbonyl (C=O) groups excluding carboxylic acids is 1. The number of carbonyl (C=O) groups is 1.